The van der Waals surface area contributed by atoms with Gasteiger partial charge in [-0.05, 0) is 55.0 Å². The van der Waals surface area contributed by atoms with Gasteiger partial charge in [0.2, 0.25) is 0 Å². The third-order valence-electron chi connectivity index (χ3n) is 5.62. The SMILES string of the molecule is Cc1ccccc1C(=O)N1C[C@@H](COCC2CC2)[C@H](c2ccncc2)C1. The van der Waals surface area contributed by atoms with Gasteiger partial charge in [-0.15, -0.1) is 0 Å². The molecular weight excluding hydrogens is 324 g/mol. The summed E-state index contributed by atoms with van der Waals surface area (Å²) >= 11 is 0. The molecule has 4 heteroatoms. The minimum atomic E-state index is 0.131. The predicted octanol–water partition coefficient (Wildman–Crippen LogP) is 3.67. The molecule has 1 saturated carbocycles. The normalized spacial score (nSPS) is 22.6. The molecule has 0 N–H and O–H groups in total. The van der Waals surface area contributed by atoms with E-state index in [-0.39, 0.29) is 5.91 Å². The first-order valence-corrected chi connectivity index (χ1v) is 9.55. The van der Waals surface area contributed by atoms with Gasteiger partial charge in [-0.3, -0.25) is 9.78 Å². The Bertz CT molecular complexity index is 758. The van der Waals surface area contributed by atoms with E-state index in [0.29, 0.717) is 11.8 Å². The molecule has 0 radical (unpaired) electrons. The highest BCUT2D eigenvalue weighted by atomic mass is 16.5. The zero-order valence-corrected chi connectivity index (χ0v) is 15.3. The van der Waals surface area contributed by atoms with E-state index in [4.69, 9.17) is 4.74 Å². The Labute approximate surface area is 155 Å². The molecule has 2 aliphatic rings. The number of likely N-dealkylation sites (tertiary alicyclic amines) is 1. The summed E-state index contributed by atoms with van der Waals surface area (Å²) in [6.07, 6.45) is 6.28. The molecule has 0 spiro atoms. The third kappa shape index (κ3) is 3.80. The molecule has 1 aliphatic carbocycles. The number of ether oxygens (including phenoxy) is 1. The maximum absolute atomic E-state index is 13.1. The second kappa shape index (κ2) is 7.58. The summed E-state index contributed by atoms with van der Waals surface area (Å²) < 4.78 is 6.00. The van der Waals surface area contributed by atoms with E-state index in [1.54, 1.807) is 0 Å². The van der Waals surface area contributed by atoms with Crippen molar-refractivity contribution in [3.8, 4) is 0 Å². The molecule has 2 atom stereocenters. The van der Waals surface area contributed by atoms with Crippen LogP contribution in [0.1, 0.15) is 40.2 Å². The van der Waals surface area contributed by atoms with Crippen molar-refractivity contribution in [2.45, 2.75) is 25.7 Å². The van der Waals surface area contributed by atoms with Crippen LogP contribution in [0.25, 0.3) is 0 Å². The molecule has 1 aliphatic heterocycles. The first-order chi connectivity index (χ1) is 12.7. The quantitative estimate of drug-likeness (QED) is 0.798. The first kappa shape index (κ1) is 17.2. The largest absolute Gasteiger partial charge is 0.381 e. The molecule has 0 unspecified atom stereocenters. The average Bonchev–Trinajstić information content (AvgIpc) is 3.39. The van der Waals surface area contributed by atoms with Crippen LogP contribution in [0.3, 0.4) is 0 Å². The number of carbonyl (C=O) groups is 1. The van der Waals surface area contributed by atoms with Gasteiger partial charge in [0.05, 0.1) is 6.61 Å². The van der Waals surface area contributed by atoms with Gasteiger partial charge in [0, 0.05) is 49.5 Å². The minimum Gasteiger partial charge on any atom is -0.381 e. The molecule has 1 amide bonds. The van der Waals surface area contributed by atoms with Gasteiger partial charge in [0.15, 0.2) is 0 Å². The molecule has 1 aromatic heterocycles. The van der Waals surface area contributed by atoms with Gasteiger partial charge < -0.3 is 9.64 Å². The summed E-state index contributed by atoms with van der Waals surface area (Å²) in [4.78, 5) is 19.2. The minimum absolute atomic E-state index is 0.131. The second-order valence-electron chi connectivity index (χ2n) is 7.65. The summed E-state index contributed by atoms with van der Waals surface area (Å²) in [5.74, 6) is 1.54. The van der Waals surface area contributed by atoms with Crippen LogP contribution in [0, 0.1) is 18.8 Å². The fourth-order valence-electron chi connectivity index (χ4n) is 3.85. The lowest BCUT2D eigenvalue weighted by Crippen LogP contribution is -2.30. The summed E-state index contributed by atoms with van der Waals surface area (Å²) in [7, 11) is 0. The molecule has 1 saturated heterocycles. The van der Waals surface area contributed by atoms with Crippen LogP contribution in [-0.2, 0) is 4.74 Å². The van der Waals surface area contributed by atoms with Crippen LogP contribution in [0.5, 0.6) is 0 Å². The van der Waals surface area contributed by atoms with Crippen LogP contribution in [-0.4, -0.2) is 42.1 Å². The van der Waals surface area contributed by atoms with Crippen molar-refractivity contribution in [1.29, 1.82) is 0 Å². The van der Waals surface area contributed by atoms with E-state index in [0.717, 1.165) is 43.3 Å². The number of aromatic nitrogens is 1. The Morgan fingerprint density at radius 1 is 1.12 bits per heavy atom. The van der Waals surface area contributed by atoms with E-state index in [1.165, 1.54) is 18.4 Å². The Kier molecular flexibility index (Phi) is 5.02. The summed E-state index contributed by atoms with van der Waals surface area (Å²) in [5.41, 5.74) is 3.09. The zero-order valence-electron chi connectivity index (χ0n) is 15.3. The van der Waals surface area contributed by atoms with Crippen LogP contribution in [0.15, 0.2) is 48.8 Å². The van der Waals surface area contributed by atoms with Crippen molar-refractivity contribution in [2.24, 2.45) is 11.8 Å². The fraction of sp³-hybridized carbons (Fsp3) is 0.455. The van der Waals surface area contributed by atoms with Crippen molar-refractivity contribution in [3.05, 3.63) is 65.5 Å². The van der Waals surface area contributed by atoms with Gasteiger partial charge in [-0.25, -0.2) is 0 Å². The highest BCUT2D eigenvalue weighted by molar-refractivity contribution is 5.95. The maximum atomic E-state index is 13.1. The molecule has 0 bridgehead atoms. The molecule has 4 rings (SSSR count). The number of hydrogen-bond acceptors (Lipinski definition) is 3. The van der Waals surface area contributed by atoms with Gasteiger partial charge in [-0.1, -0.05) is 18.2 Å². The zero-order chi connectivity index (χ0) is 17.9. The van der Waals surface area contributed by atoms with Gasteiger partial charge in [0.25, 0.3) is 5.91 Å². The van der Waals surface area contributed by atoms with E-state index in [9.17, 15) is 4.79 Å². The van der Waals surface area contributed by atoms with E-state index in [2.05, 4.69) is 17.1 Å². The molecular formula is C22H26N2O2. The predicted molar refractivity (Wildman–Crippen MR) is 101 cm³/mol. The third-order valence-corrected chi connectivity index (χ3v) is 5.62. The Hall–Kier alpha value is -2.20. The van der Waals surface area contributed by atoms with Crippen molar-refractivity contribution in [1.82, 2.24) is 9.88 Å². The number of rotatable bonds is 6. The van der Waals surface area contributed by atoms with Crippen molar-refractivity contribution >= 4 is 5.91 Å². The number of amides is 1. The number of aryl methyl sites for hydroxylation is 1. The number of hydrogen-bond donors (Lipinski definition) is 0. The van der Waals surface area contributed by atoms with Crippen molar-refractivity contribution < 1.29 is 9.53 Å². The number of carbonyl (C=O) groups excluding carboxylic acids is 1. The smallest absolute Gasteiger partial charge is 0.254 e. The Morgan fingerprint density at radius 3 is 2.62 bits per heavy atom. The topological polar surface area (TPSA) is 42.4 Å². The summed E-state index contributed by atoms with van der Waals surface area (Å²) in [6.45, 7) is 5.09. The number of nitrogens with zero attached hydrogens (tertiary/aromatic N) is 2. The average molecular weight is 350 g/mol. The van der Waals surface area contributed by atoms with Gasteiger partial charge in [-0.2, -0.15) is 0 Å². The second-order valence-corrected chi connectivity index (χ2v) is 7.65. The summed E-state index contributed by atoms with van der Waals surface area (Å²) in [6, 6.07) is 12.0. The molecule has 4 nitrogen and oxygen atoms in total. The van der Waals surface area contributed by atoms with Gasteiger partial charge in [0.1, 0.15) is 0 Å². The first-order valence-electron chi connectivity index (χ1n) is 9.55. The van der Waals surface area contributed by atoms with Crippen LogP contribution in [0.2, 0.25) is 0 Å². The van der Waals surface area contributed by atoms with Gasteiger partial charge >= 0.3 is 0 Å². The molecule has 2 heterocycles. The van der Waals surface area contributed by atoms with Crippen LogP contribution in [0.4, 0.5) is 0 Å². The maximum Gasteiger partial charge on any atom is 0.254 e. The molecule has 136 valence electrons. The van der Waals surface area contributed by atoms with Crippen LogP contribution < -0.4 is 0 Å². The molecule has 2 aromatic rings. The molecule has 2 fully saturated rings. The molecule has 1 aromatic carbocycles. The number of pyridine rings is 1. The molecule has 26 heavy (non-hydrogen) atoms. The van der Waals surface area contributed by atoms with E-state index >= 15 is 0 Å². The van der Waals surface area contributed by atoms with Crippen molar-refractivity contribution in [2.75, 3.05) is 26.3 Å². The lowest BCUT2D eigenvalue weighted by atomic mass is 9.90. The number of benzene rings is 1. The Balaban J connectivity index is 1.50. The monoisotopic (exact) mass is 350 g/mol. The highest BCUT2D eigenvalue weighted by Crippen LogP contribution is 2.35. The van der Waals surface area contributed by atoms with Crippen LogP contribution >= 0.6 is 0 Å². The standard InChI is InChI=1S/C22H26N2O2/c1-16-4-2-3-5-20(16)22(25)24-12-19(15-26-14-17-6-7-17)21(13-24)18-8-10-23-11-9-18/h2-5,8-11,17,19,21H,6-7,12-15H2,1H3/t19-,21-/m0/s1. The fourth-order valence-corrected chi connectivity index (χ4v) is 3.85. The summed E-state index contributed by atoms with van der Waals surface area (Å²) in [5, 5.41) is 0. The van der Waals surface area contributed by atoms with E-state index in [1.807, 2.05) is 48.5 Å². The lowest BCUT2D eigenvalue weighted by Gasteiger charge is -2.18. The highest BCUT2D eigenvalue weighted by Gasteiger charge is 2.37. The van der Waals surface area contributed by atoms with E-state index < -0.39 is 0 Å². The lowest BCUT2D eigenvalue weighted by molar-refractivity contribution is 0.0739. The Morgan fingerprint density at radius 2 is 1.88 bits per heavy atom. The van der Waals surface area contributed by atoms with Crippen molar-refractivity contribution in [3.63, 3.8) is 0 Å².